The number of aryl methyl sites for hydroxylation is 2. The third-order valence-electron chi connectivity index (χ3n) is 3.66. The van der Waals surface area contributed by atoms with Gasteiger partial charge >= 0.3 is 0 Å². The molecular formula is C19H21ClN2O2S. The van der Waals surface area contributed by atoms with E-state index in [4.69, 9.17) is 11.6 Å². The van der Waals surface area contributed by atoms with Crippen molar-refractivity contribution in [1.29, 1.82) is 0 Å². The van der Waals surface area contributed by atoms with Crippen LogP contribution in [0.1, 0.15) is 18.1 Å². The van der Waals surface area contributed by atoms with Gasteiger partial charge in [0, 0.05) is 15.6 Å². The molecule has 1 atom stereocenters. The number of anilines is 1. The van der Waals surface area contributed by atoms with E-state index < -0.39 is 0 Å². The Bertz CT molecular complexity index is 742. The van der Waals surface area contributed by atoms with Crippen LogP contribution in [0.3, 0.4) is 0 Å². The van der Waals surface area contributed by atoms with Crippen LogP contribution < -0.4 is 10.6 Å². The van der Waals surface area contributed by atoms with Gasteiger partial charge in [0.25, 0.3) is 0 Å². The summed E-state index contributed by atoms with van der Waals surface area (Å²) in [5.41, 5.74) is 2.78. The molecule has 132 valence electrons. The van der Waals surface area contributed by atoms with Gasteiger partial charge in [-0.1, -0.05) is 29.8 Å². The van der Waals surface area contributed by atoms with Crippen molar-refractivity contribution in [2.45, 2.75) is 30.9 Å². The lowest BCUT2D eigenvalue weighted by Crippen LogP contribution is -2.37. The lowest BCUT2D eigenvalue weighted by molar-refractivity contribution is -0.123. The maximum atomic E-state index is 12.2. The van der Waals surface area contributed by atoms with Gasteiger partial charge in [0.05, 0.1) is 11.8 Å². The van der Waals surface area contributed by atoms with E-state index in [1.54, 1.807) is 19.1 Å². The van der Waals surface area contributed by atoms with Gasteiger partial charge in [0.2, 0.25) is 11.8 Å². The zero-order valence-electron chi connectivity index (χ0n) is 14.4. The molecular weight excluding hydrogens is 356 g/mol. The maximum Gasteiger partial charge on any atom is 0.243 e. The van der Waals surface area contributed by atoms with E-state index in [-0.39, 0.29) is 23.6 Å². The average Bonchev–Trinajstić information content (AvgIpc) is 2.58. The molecule has 4 nitrogen and oxygen atoms in total. The molecule has 0 fully saturated rings. The Morgan fingerprint density at radius 1 is 1.08 bits per heavy atom. The molecule has 0 aromatic heterocycles. The van der Waals surface area contributed by atoms with E-state index in [0.29, 0.717) is 5.02 Å². The van der Waals surface area contributed by atoms with Crippen LogP contribution in [-0.4, -0.2) is 23.6 Å². The lowest BCUT2D eigenvalue weighted by atomic mass is 10.1. The summed E-state index contributed by atoms with van der Waals surface area (Å²) >= 11 is 7.27. The van der Waals surface area contributed by atoms with Crippen LogP contribution in [0.15, 0.2) is 47.4 Å². The number of hydrogen-bond acceptors (Lipinski definition) is 3. The Hall–Kier alpha value is -1.98. The van der Waals surface area contributed by atoms with Crippen molar-refractivity contribution in [2.24, 2.45) is 0 Å². The largest absolute Gasteiger partial charge is 0.346 e. The molecule has 2 N–H and O–H groups in total. The van der Waals surface area contributed by atoms with E-state index >= 15 is 0 Å². The molecule has 0 saturated heterocycles. The van der Waals surface area contributed by atoms with Gasteiger partial charge in [-0.3, -0.25) is 9.59 Å². The summed E-state index contributed by atoms with van der Waals surface area (Å²) in [7, 11) is 0. The Kier molecular flexibility index (Phi) is 6.91. The summed E-state index contributed by atoms with van der Waals surface area (Å²) in [6.45, 7) is 5.62. The first-order valence-electron chi connectivity index (χ1n) is 7.93. The highest BCUT2D eigenvalue weighted by Gasteiger charge is 2.16. The molecule has 0 heterocycles. The van der Waals surface area contributed by atoms with Crippen LogP contribution in [0.25, 0.3) is 0 Å². The predicted molar refractivity (Wildman–Crippen MR) is 104 cm³/mol. The van der Waals surface area contributed by atoms with Crippen molar-refractivity contribution >= 4 is 40.9 Å². The third-order valence-corrected chi connectivity index (χ3v) is 5.03. The Morgan fingerprint density at radius 3 is 2.28 bits per heavy atom. The monoisotopic (exact) mass is 376 g/mol. The highest BCUT2D eigenvalue weighted by Crippen LogP contribution is 2.24. The van der Waals surface area contributed by atoms with Gasteiger partial charge in [-0.15, -0.1) is 11.8 Å². The lowest BCUT2D eigenvalue weighted by Gasteiger charge is -2.14. The molecule has 0 aliphatic heterocycles. The van der Waals surface area contributed by atoms with E-state index in [1.807, 2.05) is 44.2 Å². The highest BCUT2D eigenvalue weighted by molar-refractivity contribution is 8.00. The number of carbonyl (C=O) groups is 2. The molecule has 0 bridgehead atoms. The average molecular weight is 377 g/mol. The van der Waals surface area contributed by atoms with E-state index in [2.05, 4.69) is 10.6 Å². The quantitative estimate of drug-likeness (QED) is 0.743. The van der Waals surface area contributed by atoms with Crippen LogP contribution in [0.4, 0.5) is 5.69 Å². The van der Waals surface area contributed by atoms with Gasteiger partial charge in [0.1, 0.15) is 0 Å². The minimum absolute atomic E-state index is 0.0574. The number of carbonyl (C=O) groups excluding carboxylic acids is 2. The van der Waals surface area contributed by atoms with Crippen molar-refractivity contribution in [3.05, 3.63) is 58.6 Å². The number of halogens is 1. The second kappa shape index (κ2) is 8.92. The van der Waals surface area contributed by atoms with E-state index in [0.717, 1.165) is 21.7 Å². The van der Waals surface area contributed by atoms with Crippen LogP contribution in [-0.2, 0) is 9.59 Å². The van der Waals surface area contributed by atoms with Gasteiger partial charge in [-0.05, 0) is 56.2 Å². The highest BCUT2D eigenvalue weighted by atomic mass is 35.5. The molecule has 0 radical (unpaired) electrons. The molecule has 0 spiro atoms. The second-order valence-corrected chi connectivity index (χ2v) is 7.60. The van der Waals surface area contributed by atoms with Gasteiger partial charge in [-0.2, -0.15) is 0 Å². The molecule has 2 rings (SSSR count). The van der Waals surface area contributed by atoms with Crippen LogP contribution in [0.2, 0.25) is 5.02 Å². The van der Waals surface area contributed by atoms with Crippen LogP contribution in [0.5, 0.6) is 0 Å². The molecule has 1 unspecified atom stereocenters. The zero-order chi connectivity index (χ0) is 18.4. The fourth-order valence-electron chi connectivity index (χ4n) is 2.28. The third kappa shape index (κ3) is 5.80. The number of para-hydroxylation sites is 1. The fraction of sp³-hybridized carbons (Fsp3) is 0.263. The number of benzene rings is 2. The van der Waals surface area contributed by atoms with Gasteiger partial charge in [-0.25, -0.2) is 0 Å². The van der Waals surface area contributed by atoms with Crippen LogP contribution >= 0.6 is 23.4 Å². The standard InChI is InChI=1S/C19H21ClN2O2S/c1-12-5-4-6-13(2)18(12)22-17(23)11-21-19(24)14(3)25-16-9-7-15(20)8-10-16/h4-10,14H,11H2,1-3H3,(H,21,24)(H,22,23). The fourth-order valence-corrected chi connectivity index (χ4v) is 3.29. The molecule has 2 amide bonds. The Balaban J connectivity index is 1.84. The smallest absolute Gasteiger partial charge is 0.243 e. The normalized spacial score (nSPS) is 11.7. The number of amides is 2. The predicted octanol–water partition coefficient (Wildman–Crippen LogP) is 4.19. The number of rotatable bonds is 6. The summed E-state index contributed by atoms with van der Waals surface area (Å²) < 4.78 is 0. The van der Waals surface area contributed by atoms with Crippen LogP contribution in [0, 0.1) is 13.8 Å². The van der Waals surface area contributed by atoms with Gasteiger partial charge < -0.3 is 10.6 Å². The van der Waals surface area contributed by atoms with Crippen molar-refractivity contribution in [1.82, 2.24) is 5.32 Å². The van der Waals surface area contributed by atoms with E-state index in [1.165, 1.54) is 11.8 Å². The topological polar surface area (TPSA) is 58.2 Å². The molecule has 2 aromatic carbocycles. The number of thioether (sulfide) groups is 1. The summed E-state index contributed by atoms with van der Waals surface area (Å²) in [4.78, 5) is 25.2. The Morgan fingerprint density at radius 2 is 1.68 bits per heavy atom. The summed E-state index contributed by atoms with van der Waals surface area (Å²) in [5.74, 6) is -0.425. The summed E-state index contributed by atoms with van der Waals surface area (Å²) in [6.07, 6.45) is 0. The molecule has 0 aliphatic rings. The first-order valence-corrected chi connectivity index (χ1v) is 9.18. The summed E-state index contributed by atoms with van der Waals surface area (Å²) in [5, 5.41) is 5.87. The minimum atomic E-state index is -0.311. The van der Waals surface area contributed by atoms with Crippen molar-refractivity contribution in [3.8, 4) is 0 Å². The van der Waals surface area contributed by atoms with Crippen molar-refractivity contribution in [3.63, 3.8) is 0 Å². The number of nitrogens with one attached hydrogen (secondary N) is 2. The minimum Gasteiger partial charge on any atom is -0.346 e. The molecule has 25 heavy (non-hydrogen) atoms. The first kappa shape index (κ1) is 19.3. The van der Waals surface area contributed by atoms with Gasteiger partial charge in [0.15, 0.2) is 0 Å². The number of hydrogen-bond donors (Lipinski definition) is 2. The summed E-state index contributed by atoms with van der Waals surface area (Å²) in [6, 6.07) is 13.1. The molecule has 0 saturated carbocycles. The van der Waals surface area contributed by atoms with Crippen molar-refractivity contribution < 1.29 is 9.59 Å². The molecule has 0 aliphatic carbocycles. The Labute approximate surface area is 157 Å². The van der Waals surface area contributed by atoms with Crippen molar-refractivity contribution in [2.75, 3.05) is 11.9 Å². The SMILES string of the molecule is Cc1cccc(C)c1NC(=O)CNC(=O)C(C)Sc1ccc(Cl)cc1. The molecule has 2 aromatic rings. The van der Waals surface area contributed by atoms with E-state index in [9.17, 15) is 9.59 Å². The second-order valence-electron chi connectivity index (χ2n) is 5.75. The first-order chi connectivity index (χ1) is 11.9. The zero-order valence-corrected chi connectivity index (χ0v) is 16.0. The molecule has 6 heteroatoms. The maximum absolute atomic E-state index is 12.2.